The van der Waals surface area contributed by atoms with E-state index >= 15 is 0 Å². The maximum absolute atomic E-state index is 12.1. The lowest BCUT2D eigenvalue weighted by Crippen LogP contribution is -2.40. The lowest BCUT2D eigenvalue weighted by Gasteiger charge is -2.13. The van der Waals surface area contributed by atoms with Crippen molar-refractivity contribution in [3.63, 3.8) is 0 Å². The van der Waals surface area contributed by atoms with Crippen molar-refractivity contribution < 1.29 is 14.3 Å². The van der Waals surface area contributed by atoms with Gasteiger partial charge in [0.1, 0.15) is 5.75 Å². The molecule has 23 heavy (non-hydrogen) atoms. The van der Waals surface area contributed by atoms with Gasteiger partial charge in [-0.15, -0.1) is 0 Å². The van der Waals surface area contributed by atoms with E-state index in [1.165, 1.54) is 0 Å². The predicted molar refractivity (Wildman–Crippen MR) is 86.5 cm³/mol. The highest BCUT2D eigenvalue weighted by Gasteiger charge is 2.13. The van der Waals surface area contributed by atoms with Gasteiger partial charge in [0.05, 0.1) is 0 Å². The predicted octanol–water partition coefficient (Wildman–Crippen LogP) is 1.37. The summed E-state index contributed by atoms with van der Waals surface area (Å²) in [4.78, 5) is 23.4. The number of hydrogen-bond acceptors (Lipinski definition) is 4. The van der Waals surface area contributed by atoms with Crippen LogP contribution in [0.5, 0.6) is 5.75 Å². The van der Waals surface area contributed by atoms with E-state index in [4.69, 9.17) is 10.6 Å². The van der Waals surface area contributed by atoms with Crippen LogP contribution in [0.15, 0.2) is 54.6 Å². The van der Waals surface area contributed by atoms with Crippen LogP contribution in [0.4, 0.5) is 0 Å². The highest BCUT2D eigenvalue weighted by atomic mass is 16.5. The molecule has 6 heteroatoms. The van der Waals surface area contributed by atoms with Crippen LogP contribution in [0.25, 0.3) is 0 Å². The Balaban J connectivity index is 1.91. The van der Waals surface area contributed by atoms with Gasteiger partial charge in [-0.05, 0) is 36.8 Å². The van der Waals surface area contributed by atoms with E-state index in [-0.39, 0.29) is 5.91 Å². The standard InChI is InChI=1S/C17H19N3O3/c1-12(16(21)20-18)23-15-9-7-14(8-10-15)17(22)19-11-13-5-3-2-4-6-13/h2-10,12H,11,18H2,1H3,(H,19,22)(H,20,21). The van der Waals surface area contributed by atoms with Gasteiger partial charge in [-0.1, -0.05) is 30.3 Å². The minimum Gasteiger partial charge on any atom is -0.481 e. The summed E-state index contributed by atoms with van der Waals surface area (Å²) in [5.41, 5.74) is 3.57. The summed E-state index contributed by atoms with van der Waals surface area (Å²) < 4.78 is 5.41. The fourth-order valence-corrected chi connectivity index (χ4v) is 1.94. The number of hydrazine groups is 1. The smallest absolute Gasteiger partial charge is 0.274 e. The number of carbonyl (C=O) groups excluding carboxylic acids is 2. The van der Waals surface area contributed by atoms with Crippen LogP contribution in [0.3, 0.4) is 0 Å². The number of nitrogens with one attached hydrogen (secondary N) is 2. The molecule has 0 fully saturated rings. The average molecular weight is 313 g/mol. The van der Waals surface area contributed by atoms with Crippen LogP contribution in [-0.4, -0.2) is 17.9 Å². The normalized spacial score (nSPS) is 11.4. The highest BCUT2D eigenvalue weighted by Crippen LogP contribution is 2.14. The second kappa shape index (κ2) is 7.95. The molecule has 0 aromatic heterocycles. The molecule has 0 spiro atoms. The lowest BCUT2D eigenvalue weighted by atomic mass is 10.2. The zero-order valence-corrected chi connectivity index (χ0v) is 12.8. The van der Waals surface area contributed by atoms with Gasteiger partial charge in [0, 0.05) is 12.1 Å². The molecule has 0 aliphatic heterocycles. The zero-order valence-electron chi connectivity index (χ0n) is 12.8. The number of nitrogens with two attached hydrogens (primary N) is 1. The van der Waals surface area contributed by atoms with Gasteiger partial charge in [-0.25, -0.2) is 5.84 Å². The largest absolute Gasteiger partial charge is 0.481 e. The molecule has 4 N–H and O–H groups in total. The summed E-state index contributed by atoms with van der Waals surface area (Å²) in [5, 5.41) is 2.84. The molecule has 120 valence electrons. The van der Waals surface area contributed by atoms with Crippen molar-refractivity contribution in [2.75, 3.05) is 0 Å². The molecule has 0 saturated carbocycles. The van der Waals surface area contributed by atoms with E-state index < -0.39 is 12.0 Å². The molecular weight excluding hydrogens is 294 g/mol. The van der Waals surface area contributed by atoms with Crippen LogP contribution in [-0.2, 0) is 11.3 Å². The van der Waals surface area contributed by atoms with Crippen molar-refractivity contribution >= 4 is 11.8 Å². The summed E-state index contributed by atoms with van der Waals surface area (Å²) in [5.74, 6) is 4.93. The molecule has 2 rings (SSSR count). The molecule has 0 radical (unpaired) electrons. The first-order valence-corrected chi connectivity index (χ1v) is 7.19. The highest BCUT2D eigenvalue weighted by molar-refractivity contribution is 5.94. The Hall–Kier alpha value is -2.86. The zero-order chi connectivity index (χ0) is 16.7. The van der Waals surface area contributed by atoms with Gasteiger partial charge in [0.25, 0.3) is 11.8 Å². The number of rotatable bonds is 6. The summed E-state index contributed by atoms with van der Waals surface area (Å²) in [7, 11) is 0. The molecule has 0 aliphatic rings. The molecule has 2 aromatic carbocycles. The summed E-state index contributed by atoms with van der Waals surface area (Å²) in [6.45, 7) is 2.05. The SMILES string of the molecule is CC(Oc1ccc(C(=O)NCc2ccccc2)cc1)C(=O)NN. The number of hydrogen-bond donors (Lipinski definition) is 3. The van der Waals surface area contributed by atoms with E-state index in [9.17, 15) is 9.59 Å². The van der Waals surface area contributed by atoms with Crippen molar-refractivity contribution in [2.24, 2.45) is 5.84 Å². The minimum absolute atomic E-state index is 0.173. The Morgan fingerprint density at radius 1 is 1.09 bits per heavy atom. The van der Waals surface area contributed by atoms with Gasteiger partial charge < -0.3 is 10.1 Å². The molecule has 6 nitrogen and oxygen atoms in total. The van der Waals surface area contributed by atoms with Crippen LogP contribution >= 0.6 is 0 Å². The second-order valence-electron chi connectivity index (χ2n) is 4.96. The molecule has 1 unspecified atom stereocenters. The fraction of sp³-hybridized carbons (Fsp3) is 0.176. The summed E-state index contributed by atoms with van der Waals surface area (Å²) >= 11 is 0. The van der Waals surface area contributed by atoms with Gasteiger partial charge >= 0.3 is 0 Å². The Morgan fingerprint density at radius 2 is 1.74 bits per heavy atom. The first-order chi connectivity index (χ1) is 11.1. The average Bonchev–Trinajstić information content (AvgIpc) is 2.60. The van der Waals surface area contributed by atoms with E-state index in [2.05, 4.69) is 5.32 Å². The van der Waals surface area contributed by atoms with Crippen molar-refractivity contribution in [3.05, 3.63) is 65.7 Å². The number of benzene rings is 2. The first kappa shape index (κ1) is 16.5. The minimum atomic E-state index is -0.710. The van der Waals surface area contributed by atoms with Gasteiger partial charge in [-0.3, -0.25) is 15.0 Å². The van der Waals surface area contributed by atoms with E-state index in [1.54, 1.807) is 31.2 Å². The third-order valence-electron chi connectivity index (χ3n) is 3.24. The van der Waals surface area contributed by atoms with Gasteiger partial charge in [0.2, 0.25) is 0 Å². The van der Waals surface area contributed by atoms with Crippen molar-refractivity contribution in [3.8, 4) is 5.75 Å². The van der Waals surface area contributed by atoms with Gasteiger partial charge in [-0.2, -0.15) is 0 Å². The van der Waals surface area contributed by atoms with Crippen LogP contribution in [0.1, 0.15) is 22.8 Å². The molecule has 0 heterocycles. The Kier molecular flexibility index (Phi) is 5.71. The third-order valence-corrected chi connectivity index (χ3v) is 3.24. The van der Waals surface area contributed by atoms with Crippen LogP contribution < -0.4 is 21.3 Å². The maximum Gasteiger partial charge on any atom is 0.274 e. The second-order valence-corrected chi connectivity index (χ2v) is 4.96. The molecule has 1 atom stereocenters. The summed E-state index contributed by atoms with van der Waals surface area (Å²) in [6.07, 6.45) is -0.710. The molecular formula is C17H19N3O3. The Morgan fingerprint density at radius 3 is 2.35 bits per heavy atom. The van der Waals surface area contributed by atoms with Crippen molar-refractivity contribution in [1.82, 2.24) is 10.7 Å². The number of ether oxygens (including phenoxy) is 1. The molecule has 0 saturated heterocycles. The quantitative estimate of drug-likeness (QED) is 0.426. The number of carbonyl (C=O) groups is 2. The monoisotopic (exact) mass is 313 g/mol. The van der Waals surface area contributed by atoms with E-state index in [1.807, 2.05) is 35.8 Å². The maximum atomic E-state index is 12.1. The van der Waals surface area contributed by atoms with Crippen molar-refractivity contribution in [2.45, 2.75) is 19.6 Å². The lowest BCUT2D eigenvalue weighted by molar-refractivity contribution is -0.127. The Bertz CT molecular complexity index is 657. The molecule has 2 amide bonds. The number of amides is 2. The Labute approximate surface area is 134 Å². The van der Waals surface area contributed by atoms with E-state index in [0.717, 1.165) is 5.56 Å². The topological polar surface area (TPSA) is 93.4 Å². The first-order valence-electron chi connectivity index (χ1n) is 7.19. The van der Waals surface area contributed by atoms with Crippen LogP contribution in [0.2, 0.25) is 0 Å². The summed E-state index contributed by atoms with van der Waals surface area (Å²) in [6, 6.07) is 16.2. The molecule has 2 aromatic rings. The molecule has 0 aliphatic carbocycles. The molecule has 0 bridgehead atoms. The van der Waals surface area contributed by atoms with E-state index in [0.29, 0.717) is 17.9 Å². The van der Waals surface area contributed by atoms with Gasteiger partial charge in [0.15, 0.2) is 6.10 Å². The van der Waals surface area contributed by atoms with Crippen LogP contribution in [0, 0.1) is 0 Å². The van der Waals surface area contributed by atoms with Crippen molar-refractivity contribution in [1.29, 1.82) is 0 Å². The third kappa shape index (κ3) is 4.82. The fourth-order valence-electron chi connectivity index (χ4n) is 1.94.